The molecular weight excluding hydrogens is 200 g/mol. The molecule has 0 bridgehead atoms. The Hall–Kier alpha value is -1.46. The molecule has 0 saturated heterocycles. The first-order valence-corrected chi connectivity index (χ1v) is 4.94. The van der Waals surface area contributed by atoms with Gasteiger partial charge in [-0.05, 0) is 20.8 Å². The van der Waals surface area contributed by atoms with Gasteiger partial charge in [0.2, 0.25) is 0 Å². The van der Waals surface area contributed by atoms with Crippen molar-refractivity contribution in [3.05, 3.63) is 0 Å². The fourth-order valence-electron chi connectivity index (χ4n) is 0.844. The molecule has 0 rings (SSSR count). The second kappa shape index (κ2) is 7.90. The average molecular weight is 218 g/mol. The first-order valence-electron chi connectivity index (χ1n) is 4.94. The van der Waals surface area contributed by atoms with Gasteiger partial charge in [0.15, 0.2) is 0 Å². The second-order valence-electron chi connectivity index (χ2n) is 2.87. The number of alkyl carbamates (subject to hydrolysis) is 2. The van der Waals surface area contributed by atoms with Crippen molar-refractivity contribution in [1.29, 1.82) is 0 Å². The Balaban J connectivity index is 3.60. The summed E-state index contributed by atoms with van der Waals surface area (Å²) in [5.41, 5.74) is 0. The molecule has 0 saturated carbocycles. The molecule has 6 nitrogen and oxygen atoms in total. The summed E-state index contributed by atoms with van der Waals surface area (Å²) in [5, 5.41) is 5.05. The zero-order valence-corrected chi connectivity index (χ0v) is 9.33. The smallest absolute Gasteiger partial charge is 0.407 e. The van der Waals surface area contributed by atoms with E-state index in [4.69, 9.17) is 0 Å². The van der Waals surface area contributed by atoms with Crippen molar-refractivity contribution in [3.63, 3.8) is 0 Å². The molecule has 0 fully saturated rings. The van der Waals surface area contributed by atoms with Crippen LogP contribution in [-0.2, 0) is 9.47 Å². The number of hydrogen-bond donors (Lipinski definition) is 2. The van der Waals surface area contributed by atoms with Crippen LogP contribution in [0.2, 0.25) is 0 Å². The zero-order valence-electron chi connectivity index (χ0n) is 9.33. The summed E-state index contributed by atoms with van der Waals surface area (Å²) in [7, 11) is 0. The third kappa shape index (κ3) is 7.60. The SMILES string of the molecule is CCOC(=O)NC[C@H](C)NC(=O)OCC. The van der Waals surface area contributed by atoms with Crippen LogP contribution in [0.4, 0.5) is 9.59 Å². The minimum Gasteiger partial charge on any atom is -0.450 e. The molecule has 0 radical (unpaired) electrons. The standard InChI is InChI=1S/C9H18N2O4/c1-4-14-8(12)10-6-7(3)11-9(13)15-5-2/h7H,4-6H2,1-3H3,(H,10,12)(H,11,13)/t7-/m0/s1. The Bertz CT molecular complexity index is 208. The molecule has 0 aliphatic carbocycles. The van der Waals surface area contributed by atoms with Crippen LogP contribution in [0.1, 0.15) is 20.8 Å². The normalized spacial score (nSPS) is 11.4. The maximum absolute atomic E-state index is 10.9. The highest BCUT2D eigenvalue weighted by Crippen LogP contribution is 1.84. The van der Waals surface area contributed by atoms with E-state index in [9.17, 15) is 9.59 Å². The molecule has 2 amide bonds. The van der Waals surface area contributed by atoms with E-state index in [2.05, 4.69) is 20.1 Å². The molecule has 2 N–H and O–H groups in total. The molecule has 1 atom stereocenters. The Morgan fingerprint density at radius 2 is 1.67 bits per heavy atom. The Morgan fingerprint density at radius 3 is 2.20 bits per heavy atom. The van der Waals surface area contributed by atoms with Gasteiger partial charge < -0.3 is 20.1 Å². The van der Waals surface area contributed by atoms with Crippen LogP contribution in [0.15, 0.2) is 0 Å². The fraction of sp³-hybridized carbons (Fsp3) is 0.778. The van der Waals surface area contributed by atoms with E-state index in [1.165, 1.54) is 0 Å². The first kappa shape index (κ1) is 13.5. The monoisotopic (exact) mass is 218 g/mol. The summed E-state index contributed by atoms with van der Waals surface area (Å²) in [6.45, 7) is 6.15. The summed E-state index contributed by atoms with van der Waals surface area (Å²) in [6, 6.07) is -0.201. The predicted octanol–water partition coefficient (Wildman–Crippen LogP) is 0.867. The Morgan fingerprint density at radius 1 is 1.13 bits per heavy atom. The van der Waals surface area contributed by atoms with E-state index in [0.717, 1.165) is 0 Å². The maximum Gasteiger partial charge on any atom is 0.407 e. The molecule has 88 valence electrons. The van der Waals surface area contributed by atoms with Crippen LogP contribution in [0.25, 0.3) is 0 Å². The Kier molecular flexibility index (Phi) is 7.13. The summed E-state index contributed by atoms with van der Waals surface area (Å²) >= 11 is 0. The zero-order chi connectivity index (χ0) is 11.7. The molecule has 0 aromatic heterocycles. The lowest BCUT2D eigenvalue weighted by Crippen LogP contribution is -2.42. The molecule has 0 heterocycles. The van der Waals surface area contributed by atoms with Crippen molar-refractivity contribution in [2.24, 2.45) is 0 Å². The minimum atomic E-state index is -0.491. The average Bonchev–Trinajstić information content (AvgIpc) is 2.15. The van der Waals surface area contributed by atoms with Crippen LogP contribution >= 0.6 is 0 Å². The number of amides is 2. The van der Waals surface area contributed by atoms with E-state index in [1.807, 2.05) is 0 Å². The topological polar surface area (TPSA) is 76.7 Å². The number of rotatable bonds is 5. The fourth-order valence-corrected chi connectivity index (χ4v) is 0.844. The van der Waals surface area contributed by atoms with Gasteiger partial charge in [-0.2, -0.15) is 0 Å². The van der Waals surface area contributed by atoms with Gasteiger partial charge in [-0.25, -0.2) is 9.59 Å². The molecule has 0 spiro atoms. The molecule has 0 aliphatic heterocycles. The highest BCUT2D eigenvalue weighted by atomic mass is 16.6. The van der Waals surface area contributed by atoms with E-state index in [0.29, 0.717) is 19.8 Å². The summed E-state index contributed by atoms with van der Waals surface area (Å²) in [6.07, 6.45) is -0.981. The van der Waals surface area contributed by atoms with Gasteiger partial charge in [-0.1, -0.05) is 0 Å². The van der Waals surface area contributed by atoms with E-state index >= 15 is 0 Å². The number of carbonyl (C=O) groups excluding carboxylic acids is 2. The molecule has 15 heavy (non-hydrogen) atoms. The van der Waals surface area contributed by atoms with Crippen LogP contribution in [0, 0.1) is 0 Å². The molecule has 6 heteroatoms. The van der Waals surface area contributed by atoms with Gasteiger partial charge in [0.1, 0.15) is 0 Å². The molecule has 0 aromatic rings. The van der Waals surface area contributed by atoms with Crippen molar-refractivity contribution in [1.82, 2.24) is 10.6 Å². The number of carbonyl (C=O) groups is 2. The van der Waals surface area contributed by atoms with Crippen LogP contribution in [-0.4, -0.2) is 38.0 Å². The van der Waals surface area contributed by atoms with Gasteiger partial charge in [0, 0.05) is 12.6 Å². The Labute approximate surface area is 89.3 Å². The lowest BCUT2D eigenvalue weighted by Gasteiger charge is -2.13. The van der Waals surface area contributed by atoms with Crippen LogP contribution < -0.4 is 10.6 Å². The largest absolute Gasteiger partial charge is 0.450 e. The second-order valence-corrected chi connectivity index (χ2v) is 2.87. The third-order valence-corrected chi connectivity index (χ3v) is 1.47. The van der Waals surface area contributed by atoms with Gasteiger partial charge >= 0.3 is 12.2 Å². The summed E-state index contributed by atoms with van der Waals surface area (Å²) < 4.78 is 9.32. The highest BCUT2D eigenvalue weighted by Gasteiger charge is 2.08. The van der Waals surface area contributed by atoms with Gasteiger partial charge in [0.05, 0.1) is 13.2 Å². The number of hydrogen-bond acceptors (Lipinski definition) is 4. The van der Waals surface area contributed by atoms with Gasteiger partial charge in [0.25, 0.3) is 0 Å². The first-order chi connectivity index (χ1) is 7.10. The van der Waals surface area contributed by atoms with Crippen molar-refractivity contribution >= 4 is 12.2 Å². The van der Waals surface area contributed by atoms with Crippen LogP contribution in [0.5, 0.6) is 0 Å². The molecule has 0 aromatic carbocycles. The van der Waals surface area contributed by atoms with E-state index in [-0.39, 0.29) is 6.04 Å². The van der Waals surface area contributed by atoms with Crippen molar-refractivity contribution in [2.45, 2.75) is 26.8 Å². The highest BCUT2D eigenvalue weighted by molar-refractivity contribution is 5.68. The molecule has 0 aliphatic rings. The van der Waals surface area contributed by atoms with Gasteiger partial charge in [-0.15, -0.1) is 0 Å². The number of ether oxygens (including phenoxy) is 2. The number of nitrogens with one attached hydrogen (secondary N) is 2. The predicted molar refractivity (Wildman–Crippen MR) is 54.6 cm³/mol. The summed E-state index contributed by atoms with van der Waals surface area (Å²) in [4.78, 5) is 21.8. The van der Waals surface area contributed by atoms with Gasteiger partial charge in [-0.3, -0.25) is 0 Å². The molecular formula is C9H18N2O4. The van der Waals surface area contributed by atoms with E-state index in [1.54, 1.807) is 20.8 Å². The summed E-state index contributed by atoms with van der Waals surface area (Å²) in [5.74, 6) is 0. The maximum atomic E-state index is 10.9. The minimum absolute atomic E-state index is 0.201. The van der Waals surface area contributed by atoms with Crippen LogP contribution in [0.3, 0.4) is 0 Å². The van der Waals surface area contributed by atoms with Crippen molar-refractivity contribution in [2.75, 3.05) is 19.8 Å². The third-order valence-electron chi connectivity index (χ3n) is 1.47. The van der Waals surface area contributed by atoms with Crippen molar-refractivity contribution < 1.29 is 19.1 Å². The van der Waals surface area contributed by atoms with Crippen molar-refractivity contribution in [3.8, 4) is 0 Å². The van der Waals surface area contributed by atoms with E-state index < -0.39 is 12.2 Å². The lowest BCUT2D eigenvalue weighted by molar-refractivity contribution is 0.143. The quantitative estimate of drug-likeness (QED) is 0.717. The molecule has 0 unspecified atom stereocenters. The lowest BCUT2D eigenvalue weighted by atomic mass is 10.3.